The number of rotatable bonds is 11. The van der Waals surface area contributed by atoms with E-state index in [1.165, 1.54) is 27.8 Å². The summed E-state index contributed by atoms with van der Waals surface area (Å²) >= 11 is 4.96. The molecule has 7 nitrogen and oxygen atoms in total. The van der Waals surface area contributed by atoms with Gasteiger partial charge in [0, 0.05) is 36.2 Å². The summed E-state index contributed by atoms with van der Waals surface area (Å²) in [4.78, 5) is 22.4. The summed E-state index contributed by atoms with van der Waals surface area (Å²) in [6.07, 6.45) is 0. The third kappa shape index (κ3) is 5.85. The number of halogens is 1. The van der Waals surface area contributed by atoms with Gasteiger partial charge in [-0.1, -0.05) is 55.0 Å². The number of likely N-dealkylation sites (N-methyl/N-ethyl adjacent to an activating group) is 1. The second kappa shape index (κ2) is 11.7. The van der Waals surface area contributed by atoms with Crippen molar-refractivity contribution in [3.63, 3.8) is 0 Å². The lowest BCUT2D eigenvalue weighted by molar-refractivity contribution is 0.0983. The minimum absolute atomic E-state index is 0.187. The van der Waals surface area contributed by atoms with E-state index in [9.17, 15) is 13.2 Å². The molecule has 34 heavy (non-hydrogen) atoms. The number of carbonyl (C=O) groups is 1. The lowest BCUT2D eigenvalue weighted by Gasteiger charge is -2.25. The van der Waals surface area contributed by atoms with Crippen molar-refractivity contribution in [1.82, 2.24) is 14.2 Å². The Morgan fingerprint density at radius 3 is 2.18 bits per heavy atom. The second-order valence-electron chi connectivity index (χ2n) is 7.71. The van der Waals surface area contributed by atoms with Gasteiger partial charge in [-0.05, 0) is 55.6 Å². The molecule has 0 unspecified atom stereocenters. The monoisotopic (exact) mass is 566 g/mol. The normalized spacial score (nSPS) is 12.1. The Bertz CT molecular complexity index is 1220. The van der Waals surface area contributed by atoms with Crippen molar-refractivity contribution in [3.05, 3.63) is 52.5 Å². The molecule has 0 radical (unpaired) electrons. The number of benzene rings is 2. The van der Waals surface area contributed by atoms with Crippen molar-refractivity contribution in [2.24, 2.45) is 0 Å². The number of hydrogen-bond acceptors (Lipinski definition) is 6. The zero-order valence-electron chi connectivity index (χ0n) is 20.0. The Labute approximate surface area is 214 Å². The van der Waals surface area contributed by atoms with E-state index in [1.807, 2.05) is 32.0 Å². The van der Waals surface area contributed by atoms with Crippen molar-refractivity contribution in [3.8, 4) is 0 Å². The average Bonchev–Trinajstić information content (AvgIpc) is 3.25. The van der Waals surface area contributed by atoms with Gasteiger partial charge < -0.3 is 4.90 Å². The number of anilines is 1. The summed E-state index contributed by atoms with van der Waals surface area (Å²) in [6, 6.07) is 12.1. The smallest absolute Gasteiger partial charge is 0.260 e. The first-order valence-electron chi connectivity index (χ1n) is 11.5. The summed E-state index contributed by atoms with van der Waals surface area (Å²) in [7, 11) is -3.58. The summed E-state index contributed by atoms with van der Waals surface area (Å²) in [5.41, 5.74) is 1.27. The maximum atomic E-state index is 13.6. The zero-order chi connectivity index (χ0) is 24.9. The lowest BCUT2D eigenvalue weighted by Crippen LogP contribution is -2.39. The zero-order valence-corrected chi connectivity index (χ0v) is 23.2. The van der Waals surface area contributed by atoms with E-state index in [4.69, 9.17) is 4.98 Å². The Morgan fingerprint density at radius 2 is 1.59 bits per heavy atom. The Kier molecular flexibility index (Phi) is 9.22. The van der Waals surface area contributed by atoms with Gasteiger partial charge in [0.1, 0.15) is 0 Å². The quantitative estimate of drug-likeness (QED) is 0.323. The number of amides is 1. The number of nitrogens with zero attached hydrogens (tertiary/aromatic N) is 4. The molecule has 0 aliphatic heterocycles. The van der Waals surface area contributed by atoms with E-state index in [0.29, 0.717) is 36.9 Å². The van der Waals surface area contributed by atoms with Gasteiger partial charge in [0.15, 0.2) is 5.13 Å². The minimum Gasteiger partial charge on any atom is -0.302 e. The predicted octanol–water partition coefficient (Wildman–Crippen LogP) is 5.08. The first-order valence-corrected chi connectivity index (χ1v) is 14.5. The molecule has 0 aliphatic carbocycles. The number of fused-ring (bicyclic) bond motifs is 1. The topological polar surface area (TPSA) is 73.8 Å². The highest BCUT2D eigenvalue weighted by molar-refractivity contribution is 9.10. The van der Waals surface area contributed by atoms with Gasteiger partial charge in [0.2, 0.25) is 10.0 Å². The molecule has 1 aromatic heterocycles. The fourth-order valence-corrected chi connectivity index (χ4v) is 6.70. The first-order chi connectivity index (χ1) is 16.2. The number of thiazole rings is 1. The van der Waals surface area contributed by atoms with Crippen LogP contribution in [-0.4, -0.2) is 67.8 Å². The SMILES string of the molecule is CCN(CC)CCN(C(=O)c1ccc(S(=O)(=O)N(CC)CC)cc1)c1nc2ccc(Br)cc2s1. The van der Waals surface area contributed by atoms with E-state index in [2.05, 4.69) is 34.7 Å². The third-order valence-corrected chi connectivity index (χ3v) is 9.39. The largest absolute Gasteiger partial charge is 0.302 e. The highest BCUT2D eigenvalue weighted by Crippen LogP contribution is 2.32. The number of sulfonamides is 1. The van der Waals surface area contributed by atoms with Crippen LogP contribution in [0.15, 0.2) is 51.8 Å². The number of carbonyl (C=O) groups excluding carboxylic acids is 1. The van der Waals surface area contributed by atoms with Gasteiger partial charge >= 0.3 is 0 Å². The number of aromatic nitrogens is 1. The van der Waals surface area contributed by atoms with Crippen molar-refractivity contribution in [2.75, 3.05) is 44.2 Å². The van der Waals surface area contributed by atoms with Gasteiger partial charge in [0.25, 0.3) is 5.91 Å². The highest BCUT2D eigenvalue weighted by Gasteiger charge is 2.25. The summed E-state index contributed by atoms with van der Waals surface area (Å²) in [6.45, 7) is 11.6. The van der Waals surface area contributed by atoms with Crippen molar-refractivity contribution >= 4 is 58.5 Å². The maximum Gasteiger partial charge on any atom is 0.260 e. The fourth-order valence-electron chi connectivity index (χ4n) is 3.70. The molecule has 184 valence electrons. The van der Waals surface area contributed by atoms with Crippen LogP contribution >= 0.6 is 27.3 Å². The van der Waals surface area contributed by atoms with Crippen LogP contribution in [0.1, 0.15) is 38.1 Å². The highest BCUT2D eigenvalue weighted by atomic mass is 79.9. The molecule has 3 rings (SSSR count). The second-order valence-corrected chi connectivity index (χ2v) is 11.6. The van der Waals surface area contributed by atoms with E-state index in [1.54, 1.807) is 17.0 Å². The van der Waals surface area contributed by atoms with Gasteiger partial charge in [-0.25, -0.2) is 13.4 Å². The first kappa shape index (κ1) is 26.7. The molecule has 0 N–H and O–H groups in total. The molecule has 0 bridgehead atoms. The van der Waals surface area contributed by atoms with E-state index >= 15 is 0 Å². The third-order valence-electron chi connectivity index (χ3n) is 5.79. The molecule has 0 saturated carbocycles. The average molecular weight is 568 g/mol. The van der Waals surface area contributed by atoms with E-state index < -0.39 is 10.0 Å². The van der Waals surface area contributed by atoms with E-state index in [-0.39, 0.29) is 10.8 Å². The summed E-state index contributed by atoms with van der Waals surface area (Å²) in [5, 5.41) is 0.630. The van der Waals surface area contributed by atoms with Crippen LogP contribution in [0.2, 0.25) is 0 Å². The van der Waals surface area contributed by atoms with Gasteiger partial charge in [-0.2, -0.15) is 4.31 Å². The van der Waals surface area contributed by atoms with Gasteiger partial charge in [-0.3, -0.25) is 9.69 Å². The van der Waals surface area contributed by atoms with Crippen LogP contribution in [0.25, 0.3) is 10.2 Å². The minimum atomic E-state index is -3.58. The molecule has 1 amide bonds. The molecular formula is C24H31BrN4O3S2. The van der Waals surface area contributed by atoms with Crippen LogP contribution in [0.5, 0.6) is 0 Å². The Balaban J connectivity index is 1.94. The van der Waals surface area contributed by atoms with Crippen LogP contribution < -0.4 is 4.90 Å². The van der Waals surface area contributed by atoms with Gasteiger partial charge in [-0.15, -0.1) is 0 Å². The molecule has 3 aromatic rings. The van der Waals surface area contributed by atoms with Crippen LogP contribution in [0, 0.1) is 0 Å². The molecule has 10 heteroatoms. The van der Waals surface area contributed by atoms with E-state index in [0.717, 1.165) is 27.8 Å². The van der Waals surface area contributed by atoms with Crippen LogP contribution in [0.3, 0.4) is 0 Å². The predicted molar refractivity (Wildman–Crippen MR) is 143 cm³/mol. The molecule has 0 saturated heterocycles. The maximum absolute atomic E-state index is 13.6. The Hall–Kier alpha value is -1.85. The van der Waals surface area contributed by atoms with Gasteiger partial charge in [0.05, 0.1) is 15.1 Å². The molecule has 0 fully saturated rings. The molecule has 0 aliphatic rings. The molecule has 1 heterocycles. The van der Waals surface area contributed by atoms with Crippen molar-refractivity contribution < 1.29 is 13.2 Å². The fraction of sp³-hybridized carbons (Fsp3) is 0.417. The van der Waals surface area contributed by atoms with Crippen molar-refractivity contribution in [1.29, 1.82) is 0 Å². The number of hydrogen-bond donors (Lipinski definition) is 0. The lowest BCUT2D eigenvalue weighted by atomic mass is 10.2. The molecule has 0 atom stereocenters. The standard InChI is InChI=1S/C24H31BrN4O3S2/c1-5-27(6-2)15-16-29(24-26-21-14-11-19(25)17-22(21)33-24)23(30)18-9-12-20(13-10-18)34(31,32)28(7-3)8-4/h9-14,17H,5-8,15-16H2,1-4H3. The Morgan fingerprint density at radius 1 is 0.941 bits per heavy atom. The summed E-state index contributed by atoms with van der Waals surface area (Å²) < 4.78 is 29.0. The van der Waals surface area contributed by atoms with Crippen LogP contribution in [-0.2, 0) is 10.0 Å². The molecular weight excluding hydrogens is 536 g/mol. The van der Waals surface area contributed by atoms with Crippen LogP contribution in [0.4, 0.5) is 5.13 Å². The summed E-state index contributed by atoms with van der Waals surface area (Å²) in [5.74, 6) is -0.197. The van der Waals surface area contributed by atoms with Crippen molar-refractivity contribution in [2.45, 2.75) is 32.6 Å². The molecule has 2 aromatic carbocycles. The molecule has 0 spiro atoms.